The normalized spacial score (nSPS) is 11.3. The van der Waals surface area contributed by atoms with Gasteiger partial charge in [-0.3, -0.25) is 9.98 Å². The fourth-order valence-electron chi connectivity index (χ4n) is 3.08. The second kappa shape index (κ2) is 8.88. The smallest absolute Gasteiger partial charge is 0.132 e. The third-order valence-electron chi connectivity index (χ3n) is 4.64. The Bertz CT molecular complexity index is 1100. The molecule has 0 heterocycles. The van der Waals surface area contributed by atoms with E-state index in [9.17, 15) is 10.2 Å². The van der Waals surface area contributed by atoms with Gasteiger partial charge in [-0.05, 0) is 36.4 Å². The Hall–Kier alpha value is -4.18. The average Bonchev–Trinajstić information content (AvgIpc) is 2.79. The molecule has 0 bridgehead atoms. The first kappa shape index (κ1) is 19.2. The van der Waals surface area contributed by atoms with Crippen molar-refractivity contribution in [2.24, 2.45) is 9.98 Å². The third-order valence-corrected chi connectivity index (χ3v) is 4.64. The maximum atomic E-state index is 10.8. The van der Waals surface area contributed by atoms with Gasteiger partial charge in [-0.1, -0.05) is 60.7 Å². The molecular weight excluding hydrogens is 372 g/mol. The number of rotatable bonds is 5. The molecule has 146 valence electrons. The summed E-state index contributed by atoms with van der Waals surface area (Å²) in [5.41, 5.74) is 3.78. The van der Waals surface area contributed by atoms with E-state index < -0.39 is 0 Å². The number of benzene rings is 4. The Kier molecular flexibility index (Phi) is 5.67. The van der Waals surface area contributed by atoms with E-state index in [1.165, 1.54) is 0 Å². The molecule has 0 aliphatic rings. The van der Waals surface area contributed by atoms with Gasteiger partial charge >= 0.3 is 0 Å². The Morgan fingerprint density at radius 3 is 1.27 bits per heavy atom. The first-order chi connectivity index (χ1) is 14.7. The lowest BCUT2D eigenvalue weighted by Gasteiger charge is -2.11. The van der Waals surface area contributed by atoms with E-state index >= 15 is 0 Å². The number of aliphatic imine (C=N–C) groups is 2. The van der Waals surface area contributed by atoms with Crippen molar-refractivity contribution in [3.05, 3.63) is 108 Å². The van der Waals surface area contributed by atoms with Crippen LogP contribution in [0.2, 0.25) is 0 Å². The third kappa shape index (κ3) is 4.28. The zero-order valence-electron chi connectivity index (χ0n) is 16.2. The highest BCUT2D eigenvalue weighted by Crippen LogP contribution is 2.38. The molecular formula is C26H20N2O2. The predicted molar refractivity (Wildman–Crippen MR) is 123 cm³/mol. The summed E-state index contributed by atoms with van der Waals surface area (Å²) in [5.74, 6) is 0.120. The van der Waals surface area contributed by atoms with Crippen molar-refractivity contribution in [1.82, 2.24) is 0 Å². The monoisotopic (exact) mass is 392 g/mol. The summed E-state index contributed by atoms with van der Waals surface area (Å²) < 4.78 is 0. The molecule has 0 spiro atoms. The van der Waals surface area contributed by atoms with E-state index in [2.05, 4.69) is 9.98 Å². The van der Waals surface area contributed by atoms with Crippen LogP contribution in [0.15, 0.2) is 107 Å². The van der Waals surface area contributed by atoms with Crippen molar-refractivity contribution in [2.45, 2.75) is 0 Å². The molecule has 4 rings (SSSR count). The van der Waals surface area contributed by atoms with Crippen molar-refractivity contribution in [3.8, 4) is 22.6 Å². The van der Waals surface area contributed by atoms with Gasteiger partial charge in [0.05, 0.1) is 11.4 Å². The van der Waals surface area contributed by atoms with Crippen molar-refractivity contribution >= 4 is 23.8 Å². The van der Waals surface area contributed by atoms with Crippen LogP contribution < -0.4 is 0 Å². The van der Waals surface area contributed by atoms with E-state index in [4.69, 9.17) is 0 Å². The topological polar surface area (TPSA) is 65.2 Å². The SMILES string of the molecule is Oc1c(C=Nc2ccccc2)cccc1-c1cccc(C=Nc2ccccc2)c1O. The van der Waals surface area contributed by atoms with Crippen molar-refractivity contribution in [3.63, 3.8) is 0 Å². The van der Waals surface area contributed by atoms with Gasteiger partial charge in [0, 0.05) is 34.7 Å². The van der Waals surface area contributed by atoms with Gasteiger partial charge in [0.2, 0.25) is 0 Å². The summed E-state index contributed by atoms with van der Waals surface area (Å²) >= 11 is 0. The summed E-state index contributed by atoms with van der Waals surface area (Å²) in [7, 11) is 0. The molecule has 4 aromatic rings. The number of phenolic OH excluding ortho intramolecular Hbond substituents is 2. The Morgan fingerprint density at radius 1 is 0.467 bits per heavy atom. The molecule has 0 aliphatic heterocycles. The number of hydrogen-bond donors (Lipinski definition) is 2. The Labute approximate surface area is 175 Å². The molecule has 0 saturated carbocycles. The van der Waals surface area contributed by atoms with Crippen LogP contribution >= 0.6 is 0 Å². The fraction of sp³-hybridized carbons (Fsp3) is 0. The Balaban J connectivity index is 1.67. The van der Waals surface area contributed by atoms with Gasteiger partial charge in [-0.15, -0.1) is 0 Å². The molecule has 0 aromatic heterocycles. The van der Waals surface area contributed by atoms with Gasteiger partial charge in [-0.2, -0.15) is 0 Å². The number of phenols is 2. The standard InChI is InChI=1S/C26H20N2O2/c29-25-19(17-27-21-11-3-1-4-12-21)9-7-15-23(25)24-16-8-10-20(26(24)30)18-28-22-13-5-2-6-14-22/h1-18,29-30H. The molecule has 0 atom stereocenters. The molecule has 0 amide bonds. The number of nitrogens with zero attached hydrogens (tertiary/aromatic N) is 2. The highest BCUT2D eigenvalue weighted by atomic mass is 16.3. The first-order valence-corrected chi connectivity index (χ1v) is 9.55. The van der Waals surface area contributed by atoms with Gasteiger partial charge in [0.25, 0.3) is 0 Å². The minimum Gasteiger partial charge on any atom is -0.507 e. The molecule has 2 N–H and O–H groups in total. The maximum Gasteiger partial charge on any atom is 0.132 e. The van der Waals surface area contributed by atoms with E-state index in [-0.39, 0.29) is 11.5 Å². The molecule has 0 fully saturated rings. The summed E-state index contributed by atoms with van der Waals surface area (Å²) in [6.45, 7) is 0. The largest absolute Gasteiger partial charge is 0.507 e. The Morgan fingerprint density at radius 2 is 0.867 bits per heavy atom. The average molecular weight is 392 g/mol. The van der Waals surface area contributed by atoms with E-state index in [0.29, 0.717) is 22.3 Å². The van der Waals surface area contributed by atoms with Gasteiger partial charge < -0.3 is 10.2 Å². The quantitative estimate of drug-likeness (QED) is 0.393. The van der Waals surface area contributed by atoms with Crippen molar-refractivity contribution in [1.29, 1.82) is 0 Å². The maximum absolute atomic E-state index is 10.8. The molecule has 0 saturated heterocycles. The number of aromatic hydroxyl groups is 2. The van der Waals surface area contributed by atoms with E-state index in [1.807, 2.05) is 72.8 Å². The van der Waals surface area contributed by atoms with Gasteiger partial charge in [-0.25, -0.2) is 0 Å². The lowest BCUT2D eigenvalue weighted by Crippen LogP contribution is -1.90. The van der Waals surface area contributed by atoms with Crippen LogP contribution in [0.5, 0.6) is 11.5 Å². The molecule has 4 heteroatoms. The lowest BCUT2D eigenvalue weighted by atomic mass is 9.98. The van der Waals surface area contributed by atoms with E-state index in [0.717, 1.165) is 11.4 Å². The van der Waals surface area contributed by atoms with Crippen LogP contribution in [0.1, 0.15) is 11.1 Å². The molecule has 30 heavy (non-hydrogen) atoms. The number of hydrogen-bond acceptors (Lipinski definition) is 4. The van der Waals surface area contributed by atoms with Crippen LogP contribution in [0, 0.1) is 0 Å². The second-order valence-corrected chi connectivity index (χ2v) is 6.67. The summed E-state index contributed by atoms with van der Waals surface area (Å²) in [6, 6.07) is 29.8. The van der Waals surface area contributed by atoms with Crippen LogP contribution in [-0.2, 0) is 0 Å². The molecule has 4 aromatic carbocycles. The van der Waals surface area contributed by atoms with Crippen molar-refractivity contribution in [2.75, 3.05) is 0 Å². The van der Waals surface area contributed by atoms with Crippen LogP contribution in [0.4, 0.5) is 11.4 Å². The zero-order valence-corrected chi connectivity index (χ0v) is 16.2. The van der Waals surface area contributed by atoms with Crippen LogP contribution in [-0.4, -0.2) is 22.6 Å². The molecule has 0 unspecified atom stereocenters. The predicted octanol–water partition coefficient (Wildman–Crippen LogP) is 6.27. The molecule has 4 nitrogen and oxygen atoms in total. The highest BCUT2D eigenvalue weighted by molar-refractivity contribution is 5.94. The summed E-state index contributed by atoms with van der Waals surface area (Å²) in [4.78, 5) is 8.81. The minimum atomic E-state index is 0.0598. The fourth-order valence-corrected chi connectivity index (χ4v) is 3.08. The van der Waals surface area contributed by atoms with Crippen LogP contribution in [0.25, 0.3) is 11.1 Å². The van der Waals surface area contributed by atoms with Gasteiger partial charge in [0.1, 0.15) is 11.5 Å². The summed E-state index contributed by atoms with van der Waals surface area (Å²) in [5, 5.41) is 21.6. The lowest BCUT2D eigenvalue weighted by molar-refractivity contribution is 0.468. The first-order valence-electron chi connectivity index (χ1n) is 9.55. The van der Waals surface area contributed by atoms with Crippen LogP contribution in [0.3, 0.4) is 0 Å². The summed E-state index contributed by atoms with van der Waals surface area (Å²) in [6.07, 6.45) is 3.23. The van der Waals surface area contributed by atoms with Gasteiger partial charge in [0.15, 0.2) is 0 Å². The molecule has 0 radical (unpaired) electrons. The highest BCUT2D eigenvalue weighted by Gasteiger charge is 2.13. The zero-order chi connectivity index (χ0) is 20.8. The number of para-hydroxylation sites is 4. The minimum absolute atomic E-state index is 0.0598. The second-order valence-electron chi connectivity index (χ2n) is 6.67. The molecule has 0 aliphatic carbocycles. The van der Waals surface area contributed by atoms with E-state index in [1.54, 1.807) is 36.7 Å². The van der Waals surface area contributed by atoms with Crippen molar-refractivity contribution < 1.29 is 10.2 Å².